The van der Waals surface area contributed by atoms with Gasteiger partial charge in [-0.1, -0.05) is 152 Å². The minimum atomic E-state index is 0.240. The Hall–Kier alpha value is -7.43. The van der Waals surface area contributed by atoms with Gasteiger partial charge in [0.25, 0.3) is 0 Å². The molecule has 10 rings (SSSR count). The molecule has 8 aromatic carbocycles. The highest BCUT2D eigenvalue weighted by Crippen LogP contribution is 2.44. The van der Waals surface area contributed by atoms with Crippen LogP contribution in [0.4, 0.5) is 5.69 Å². The average molecular weight is 705 g/mol. The number of para-hydroxylation sites is 1. The molecule has 0 spiro atoms. The van der Waals surface area contributed by atoms with Crippen molar-refractivity contribution in [3.05, 3.63) is 200 Å². The Morgan fingerprint density at radius 1 is 0.418 bits per heavy atom. The van der Waals surface area contributed by atoms with Gasteiger partial charge in [-0.15, -0.1) is 0 Å². The van der Waals surface area contributed by atoms with Crippen molar-refractivity contribution in [2.75, 3.05) is 5.73 Å². The third kappa shape index (κ3) is 6.26. The summed E-state index contributed by atoms with van der Waals surface area (Å²) in [4.78, 5) is 4.56. The van der Waals surface area contributed by atoms with Crippen LogP contribution in [0.25, 0.3) is 82.2 Å². The summed E-state index contributed by atoms with van der Waals surface area (Å²) in [6.45, 7) is 0. The third-order valence-corrected chi connectivity index (χ3v) is 10.4. The third-order valence-electron chi connectivity index (χ3n) is 10.4. The predicted molar refractivity (Wildman–Crippen MR) is 234 cm³/mol. The number of nitrogens with zero attached hydrogens (tertiary/aromatic N) is 1. The van der Waals surface area contributed by atoms with Crippen molar-refractivity contribution < 1.29 is 0 Å². The van der Waals surface area contributed by atoms with Crippen molar-refractivity contribution in [1.29, 1.82) is 10.8 Å². The molecule has 0 fully saturated rings. The summed E-state index contributed by atoms with van der Waals surface area (Å²) in [5, 5.41) is 24.2. The molecule has 0 saturated carbocycles. The van der Waals surface area contributed by atoms with Gasteiger partial charge >= 0.3 is 0 Å². The monoisotopic (exact) mass is 704 g/mol. The van der Waals surface area contributed by atoms with Gasteiger partial charge in [-0.2, -0.15) is 0 Å². The number of rotatable bonds is 4. The van der Waals surface area contributed by atoms with E-state index in [1.807, 2.05) is 48.7 Å². The van der Waals surface area contributed by atoms with Crippen LogP contribution in [-0.2, 0) is 0 Å². The van der Waals surface area contributed by atoms with E-state index in [0.29, 0.717) is 0 Å². The number of allylic oxidation sites excluding steroid dienone is 4. The molecule has 9 aromatic rings. The zero-order chi connectivity index (χ0) is 37.3. The Kier molecular flexibility index (Phi) is 8.62. The molecule has 0 saturated heterocycles. The number of hydrogen-bond donors (Lipinski definition) is 3. The molecule has 1 aliphatic carbocycles. The lowest BCUT2D eigenvalue weighted by Crippen LogP contribution is -2.09. The van der Waals surface area contributed by atoms with Crippen molar-refractivity contribution in [2.45, 2.75) is 0 Å². The second-order valence-electron chi connectivity index (χ2n) is 13.7. The zero-order valence-electron chi connectivity index (χ0n) is 30.0. The van der Waals surface area contributed by atoms with E-state index in [0.717, 1.165) is 49.6 Å². The molecule has 0 amide bonds. The van der Waals surface area contributed by atoms with Gasteiger partial charge in [-0.3, -0.25) is 15.8 Å². The molecule has 1 aromatic heterocycles. The number of aromatic nitrogens is 1. The van der Waals surface area contributed by atoms with E-state index in [1.54, 1.807) is 12.2 Å². The van der Waals surface area contributed by atoms with E-state index >= 15 is 0 Å². The SMILES string of the molecule is N=C1C=CC(c2ccc3c(-c4ccccc4)c4ccccc4c(-c4ccccc4)c3c2)=CC1=N.Nc1ccc(-c2cnc3ccccc3c2)c2ccccc12. The van der Waals surface area contributed by atoms with Crippen LogP contribution >= 0.6 is 0 Å². The van der Waals surface area contributed by atoms with Crippen LogP contribution in [0.5, 0.6) is 0 Å². The van der Waals surface area contributed by atoms with Gasteiger partial charge < -0.3 is 5.73 Å². The lowest BCUT2D eigenvalue weighted by atomic mass is 9.84. The molecule has 1 heterocycles. The maximum Gasteiger partial charge on any atom is 0.0795 e. The first-order valence-electron chi connectivity index (χ1n) is 18.3. The summed E-state index contributed by atoms with van der Waals surface area (Å²) < 4.78 is 0. The van der Waals surface area contributed by atoms with Crippen LogP contribution in [0.15, 0.2) is 194 Å². The topological polar surface area (TPSA) is 86.6 Å². The Morgan fingerprint density at radius 3 is 1.69 bits per heavy atom. The number of nitrogens with one attached hydrogen (secondary N) is 2. The summed E-state index contributed by atoms with van der Waals surface area (Å²) in [5.74, 6) is 0. The van der Waals surface area contributed by atoms with E-state index in [1.165, 1.54) is 43.8 Å². The standard InChI is InChI=1S/C32H22N2.C19H14N2/c33-29-18-16-24(20-30(29)34)23-15-17-27-28(19-23)32(22-11-5-2-6-12-22)26-14-8-7-13-25(26)31(27)21-9-3-1-4-10-21;20-18-10-9-15(16-6-2-3-7-17(16)18)14-11-13-5-1-4-8-19(13)21-12-14/h1-20,33-34H;1-12H,20H2. The number of anilines is 1. The van der Waals surface area contributed by atoms with Gasteiger partial charge in [0.15, 0.2) is 0 Å². The number of nitrogen functional groups attached to an aromatic ring is 1. The van der Waals surface area contributed by atoms with E-state index in [-0.39, 0.29) is 11.4 Å². The smallest absolute Gasteiger partial charge is 0.0795 e. The summed E-state index contributed by atoms with van der Waals surface area (Å²) in [6.07, 6.45) is 7.35. The number of fused-ring (bicyclic) bond motifs is 4. The first-order valence-corrected chi connectivity index (χ1v) is 18.3. The molecule has 55 heavy (non-hydrogen) atoms. The number of nitrogens with two attached hydrogens (primary N) is 1. The minimum Gasteiger partial charge on any atom is -0.398 e. The molecule has 0 atom stereocenters. The lowest BCUT2D eigenvalue weighted by Gasteiger charge is -2.19. The molecular formula is C51H36N4. The van der Waals surface area contributed by atoms with Crippen molar-refractivity contribution >= 4 is 65.9 Å². The summed E-state index contributed by atoms with van der Waals surface area (Å²) in [6, 6.07) is 59.0. The van der Waals surface area contributed by atoms with Crippen LogP contribution < -0.4 is 5.73 Å². The van der Waals surface area contributed by atoms with Gasteiger partial charge in [0.2, 0.25) is 0 Å². The average Bonchev–Trinajstić information content (AvgIpc) is 3.24. The number of hydrogen-bond acceptors (Lipinski definition) is 4. The van der Waals surface area contributed by atoms with Gasteiger partial charge in [0, 0.05) is 28.2 Å². The Bertz CT molecular complexity index is 3010. The molecule has 4 nitrogen and oxygen atoms in total. The highest BCUT2D eigenvalue weighted by molar-refractivity contribution is 6.50. The molecule has 260 valence electrons. The fourth-order valence-electron chi connectivity index (χ4n) is 7.71. The Labute approximate surface area is 319 Å². The Balaban J connectivity index is 0.000000161. The highest BCUT2D eigenvalue weighted by Gasteiger charge is 2.18. The van der Waals surface area contributed by atoms with Crippen LogP contribution in [0.3, 0.4) is 0 Å². The molecule has 4 N–H and O–H groups in total. The quantitative estimate of drug-likeness (QED) is 0.0967. The van der Waals surface area contributed by atoms with E-state index in [4.69, 9.17) is 16.6 Å². The summed E-state index contributed by atoms with van der Waals surface area (Å²) in [5.41, 5.74) is 17.5. The lowest BCUT2D eigenvalue weighted by molar-refractivity contribution is 1.41. The zero-order valence-corrected chi connectivity index (χ0v) is 30.0. The summed E-state index contributed by atoms with van der Waals surface area (Å²) >= 11 is 0. The van der Waals surface area contributed by atoms with Gasteiger partial charge in [-0.05, 0) is 102 Å². The molecule has 0 bridgehead atoms. The van der Waals surface area contributed by atoms with Crippen molar-refractivity contribution in [1.82, 2.24) is 4.98 Å². The van der Waals surface area contributed by atoms with Crippen molar-refractivity contribution in [3.63, 3.8) is 0 Å². The molecule has 4 heteroatoms. The van der Waals surface area contributed by atoms with Gasteiger partial charge in [0.1, 0.15) is 0 Å². The first-order chi connectivity index (χ1) is 27.0. The van der Waals surface area contributed by atoms with Crippen molar-refractivity contribution in [2.24, 2.45) is 0 Å². The second-order valence-corrected chi connectivity index (χ2v) is 13.7. The molecule has 1 aliphatic rings. The molecule has 0 radical (unpaired) electrons. The Morgan fingerprint density at radius 2 is 1.00 bits per heavy atom. The fourth-order valence-corrected chi connectivity index (χ4v) is 7.71. The maximum atomic E-state index is 8.12. The number of pyridine rings is 1. The van der Waals surface area contributed by atoms with Gasteiger partial charge in [0.05, 0.1) is 16.9 Å². The van der Waals surface area contributed by atoms with Gasteiger partial charge in [-0.25, -0.2) is 0 Å². The second kappa shape index (κ2) is 14.2. The van der Waals surface area contributed by atoms with Crippen molar-refractivity contribution in [3.8, 4) is 33.4 Å². The van der Waals surface area contributed by atoms with E-state index in [9.17, 15) is 0 Å². The molecule has 0 aliphatic heterocycles. The normalized spacial score (nSPS) is 12.5. The minimum absolute atomic E-state index is 0.240. The highest BCUT2D eigenvalue weighted by atomic mass is 14.6. The molecule has 0 unspecified atom stereocenters. The van der Waals surface area contributed by atoms with E-state index < -0.39 is 0 Å². The van der Waals surface area contributed by atoms with Crippen LogP contribution in [0.2, 0.25) is 0 Å². The largest absolute Gasteiger partial charge is 0.398 e. The predicted octanol–water partition coefficient (Wildman–Crippen LogP) is 13.0. The van der Waals surface area contributed by atoms with Crippen LogP contribution in [-0.4, -0.2) is 16.4 Å². The summed E-state index contributed by atoms with van der Waals surface area (Å²) in [7, 11) is 0. The molecular weight excluding hydrogens is 669 g/mol. The fraction of sp³-hybridized carbons (Fsp3) is 0. The van der Waals surface area contributed by atoms with Crippen LogP contribution in [0.1, 0.15) is 5.56 Å². The maximum absolute atomic E-state index is 8.12. The van der Waals surface area contributed by atoms with Crippen LogP contribution in [0, 0.1) is 10.8 Å². The van der Waals surface area contributed by atoms with E-state index in [2.05, 4.69) is 138 Å². The first kappa shape index (κ1) is 33.4. The number of benzene rings is 8.